The van der Waals surface area contributed by atoms with Crippen molar-refractivity contribution in [3.8, 4) is 11.5 Å². The Bertz CT molecular complexity index is 1390. The van der Waals surface area contributed by atoms with Crippen molar-refractivity contribution in [3.05, 3.63) is 76.8 Å². The van der Waals surface area contributed by atoms with Crippen LogP contribution in [-0.2, 0) is 19.6 Å². The summed E-state index contributed by atoms with van der Waals surface area (Å²) < 4.78 is 43.7. The molecule has 9 nitrogen and oxygen atoms in total. The number of carbonyl (C=O) groups excluding carboxylic acids is 2. The average Bonchev–Trinajstić information content (AvgIpc) is 2.87. The molecule has 3 aromatic rings. The molecule has 0 saturated heterocycles. The molecule has 1 amide bonds. The molecule has 37 heavy (non-hydrogen) atoms. The van der Waals surface area contributed by atoms with Gasteiger partial charge in [0.15, 0.2) is 11.5 Å². The lowest BCUT2D eigenvalue weighted by Gasteiger charge is -2.25. The molecule has 0 fully saturated rings. The third-order valence-electron chi connectivity index (χ3n) is 5.30. The minimum atomic E-state index is -4.15. The van der Waals surface area contributed by atoms with E-state index in [1.807, 2.05) is 6.92 Å². The summed E-state index contributed by atoms with van der Waals surface area (Å²) in [7, 11) is -1.26. The summed E-state index contributed by atoms with van der Waals surface area (Å²) in [5.74, 6) is -0.523. The number of carbonyl (C=O) groups is 2. The quantitative estimate of drug-likeness (QED) is 0.368. The number of halogens is 1. The summed E-state index contributed by atoms with van der Waals surface area (Å²) in [6, 6.07) is 15.1. The van der Waals surface area contributed by atoms with Crippen LogP contribution in [0.2, 0.25) is 5.02 Å². The number of amides is 1. The molecule has 0 aromatic heterocycles. The molecule has 0 radical (unpaired) electrons. The Balaban J connectivity index is 1.94. The lowest BCUT2D eigenvalue weighted by Crippen LogP contribution is -2.38. The molecule has 0 bridgehead atoms. The van der Waals surface area contributed by atoms with E-state index in [0.717, 1.165) is 9.87 Å². The Morgan fingerprint density at radius 3 is 2.22 bits per heavy atom. The zero-order valence-corrected chi connectivity index (χ0v) is 22.4. The third kappa shape index (κ3) is 6.52. The monoisotopic (exact) mass is 546 g/mol. The third-order valence-corrected chi connectivity index (χ3v) is 7.40. The van der Waals surface area contributed by atoms with Gasteiger partial charge in [0.25, 0.3) is 10.0 Å². The Hall–Kier alpha value is -3.76. The molecule has 0 unspecified atom stereocenters. The van der Waals surface area contributed by atoms with Crippen LogP contribution in [0.1, 0.15) is 22.8 Å². The second-order valence-electron chi connectivity index (χ2n) is 7.83. The first-order valence-corrected chi connectivity index (χ1v) is 13.0. The van der Waals surface area contributed by atoms with Gasteiger partial charge in [0.05, 0.1) is 42.0 Å². The van der Waals surface area contributed by atoms with Gasteiger partial charge in [0.2, 0.25) is 5.91 Å². The summed E-state index contributed by atoms with van der Waals surface area (Å²) in [4.78, 5) is 25.0. The van der Waals surface area contributed by atoms with Crippen LogP contribution in [0.4, 0.5) is 11.4 Å². The summed E-state index contributed by atoms with van der Waals surface area (Å²) in [6.07, 6.45) is 0. The van der Waals surface area contributed by atoms with E-state index in [9.17, 15) is 18.0 Å². The molecule has 0 aliphatic carbocycles. The van der Waals surface area contributed by atoms with Gasteiger partial charge in [-0.1, -0.05) is 29.3 Å². The van der Waals surface area contributed by atoms with Gasteiger partial charge in [-0.15, -0.1) is 0 Å². The molecule has 3 aromatic carbocycles. The fourth-order valence-corrected chi connectivity index (χ4v) is 5.10. The number of aryl methyl sites for hydroxylation is 1. The second kappa shape index (κ2) is 12.0. The smallest absolute Gasteiger partial charge is 0.339 e. The molecule has 3 rings (SSSR count). The van der Waals surface area contributed by atoms with Crippen LogP contribution in [0.5, 0.6) is 11.5 Å². The number of rotatable bonds is 10. The van der Waals surface area contributed by atoms with Crippen molar-refractivity contribution >= 4 is 44.9 Å². The second-order valence-corrected chi connectivity index (χ2v) is 10.1. The molecule has 11 heteroatoms. The molecule has 0 aliphatic rings. The highest BCUT2D eigenvalue weighted by atomic mass is 35.5. The van der Waals surface area contributed by atoms with Gasteiger partial charge in [0.1, 0.15) is 6.54 Å². The highest BCUT2D eigenvalue weighted by molar-refractivity contribution is 7.92. The summed E-state index contributed by atoms with van der Waals surface area (Å²) in [5, 5.41) is 2.71. The van der Waals surface area contributed by atoms with E-state index >= 15 is 0 Å². The molecule has 0 spiro atoms. The van der Waals surface area contributed by atoms with E-state index < -0.39 is 28.4 Å². The van der Waals surface area contributed by atoms with E-state index in [2.05, 4.69) is 5.32 Å². The topological polar surface area (TPSA) is 111 Å². The minimum absolute atomic E-state index is 0.0162. The Labute approximate surface area is 221 Å². The van der Waals surface area contributed by atoms with E-state index in [1.54, 1.807) is 25.1 Å². The zero-order valence-electron chi connectivity index (χ0n) is 20.8. The van der Waals surface area contributed by atoms with Crippen LogP contribution in [-0.4, -0.2) is 47.7 Å². The molecule has 0 heterocycles. The largest absolute Gasteiger partial charge is 0.493 e. The minimum Gasteiger partial charge on any atom is -0.493 e. The molecular formula is C26H27ClN2O7S. The number of esters is 1. The SMILES string of the molecule is CCOC(=O)c1ccc(NC(=O)CN(c2ccc(OC)c(OC)c2)S(=O)(=O)c2ccc(C)cc2)cc1Cl. The molecular weight excluding hydrogens is 520 g/mol. The molecule has 0 saturated carbocycles. The van der Waals surface area contributed by atoms with Gasteiger partial charge in [0, 0.05) is 11.8 Å². The number of hydrogen-bond donors (Lipinski definition) is 1. The maximum atomic E-state index is 13.6. The maximum Gasteiger partial charge on any atom is 0.339 e. The highest BCUT2D eigenvalue weighted by Gasteiger charge is 2.28. The van der Waals surface area contributed by atoms with Gasteiger partial charge < -0.3 is 19.5 Å². The predicted molar refractivity (Wildman–Crippen MR) is 141 cm³/mol. The van der Waals surface area contributed by atoms with Crippen molar-refractivity contribution in [1.82, 2.24) is 0 Å². The number of nitrogens with one attached hydrogen (secondary N) is 1. The number of methoxy groups -OCH3 is 2. The van der Waals surface area contributed by atoms with E-state index in [0.29, 0.717) is 11.5 Å². The lowest BCUT2D eigenvalue weighted by atomic mass is 10.2. The normalized spacial score (nSPS) is 10.9. The van der Waals surface area contributed by atoms with Crippen LogP contribution >= 0.6 is 11.6 Å². The molecule has 0 aliphatic heterocycles. The van der Waals surface area contributed by atoms with E-state index in [4.69, 9.17) is 25.8 Å². The lowest BCUT2D eigenvalue weighted by molar-refractivity contribution is -0.114. The number of anilines is 2. The molecule has 196 valence electrons. The first-order chi connectivity index (χ1) is 17.6. The Kier molecular flexibility index (Phi) is 9.01. The summed E-state index contributed by atoms with van der Waals surface area (Å²) in [5.41, 5.74) is 1.51. The van der Waals surface area contributed by atoms with Crippen LogP contribution in [0.3, 0.4) is 0 Å². The number of nitrogens with zero attached hydrogens (tertiary/aromatic N) is 1. The van der Waals surface area contributed by atoms with Gasteiger partial charge in [-0.05, 0) is 56.3 Å². The van der Waals surface area contributed by atoms with Crippen molar-refractivity contribution in [2.45, 2.75) is 18.7 Å². The van der Waals surface area contributed by atoms with Crippen LogP contribution < -0.4 is 19.1 Å². The predicted octanol–water partition coefficient (Wildman–Crippen LogP) is 4.68. The molecule has 0 atom stereocenters. The maximum absolute atomic E-state index is 13.6. The standard InChI is InChI=1S/C26H27ClN2O7S/c1-5-36-26(31)21-12-8-18(14-22(21)27)28-25(30)16-29(19-9-13-23(34-3)24(15-19)35-4)37(32,33)20-10-6-17(2)7-11-20/h6-15H,5,16H2,1-4H3,(H,28,30). The number of ether oxygens (including phenoxy) is 3. The van der Waals surface area contributed by atoms with Crippen molar-refractivity contribution in [1.29, 1.82) is 0 Å². The van der Waals surface area contributed by atoms with Gasteiger partial charge in [-0.25, -0.2) is 13.2 Å². The van der Waals surface area contributed by atoms with E-state index in [-0.39, 0.29) is 33.5 Å². The Morgan fingerprint density at radius 1 is 0.946 bits per heavy atom. The van der Waals surface area contributed by atoms with Crippen molar-refractivity contribution in [3.63, 3.8) is 0 Å². The first-order valence-electron chi connectivity index (χ1n) is 11.2. The summed E-state index contributed by atoms with van der Waals surface area (Å²) in [6.45, 7) is 3.15. The Morgan fingerprint density at radius 2 is 1.62 bits per heavy atom. The highest BCUT2D eigenvalue weighted by Crippen LogP contribution is 2.34. The van der Waals surface area contributed by atoms with Crippen LogP contribution in [0, 0.1) is 6.92 Å². The fourth-order valence-electron chi connectivity index (χ4n) is 3.43. The van der Waals surface area contributed by atoms with Crippen LogP contribution in [0.25, 0.3) is 0 Å². The first kappa shape index (κ1) is 27.8. The summed E-state index contributed by atoms with van der Waals surface area (Å²) >= 11 is 6.19. The van der Waals surface area contributed by atoms with Gasteiger partial charge >= 0.3 is 5.97 Å². The van der Waals surface area contributed by atoms with Crippen molar-refractivity contribution in [2.75, 3.05) is 37.0 Å². The average molecular weight is 547 g/mol. The zero-order chi connectivity index (χ0) is 27.2. The van der Waals surface area contributed by atoms with E-state index in [1.165, 1.54) is 56.7 Å². The van der Waals surface area contributed by atoms with Gasteiger partial charge in [-0.3, -0.25) is 9.10 Å². The fraction of sp³-hybridized carbons (Fsp3) is 0.231. The van der Waals surface area contributed by atoms with Crippen molar-refractivity contribution in [2.24, 2.45) is 0 Å². The van der Waals surface area contributed by atoms with Crippen molar-refractivity contribution < 1.29 is 32.2 Å². The number of benzene rings is 3. The number of hydrogen-bond acceptors (Lipinski definition) is 7. The van der Waals surface area contributed by atoms with Gasteiger partial charge in [-0.2, -0.15) is 0 Å². The molecule has 1 N–H and O–H groups in total. The van der Waals surface area contributed by atoms with Crippen LogP contribution in [0.15, 0.2) is 65.6 Å². The number of sulfonamides is 1.